The number of hydrogen-bond donors (Lipinski definition) is 1. The van der Waals surface area contributed by atoms with Gasteiger partial charge in [0.15, 0.2) is 0 Å². The maximum absolute atomic E-state index is 7.06. The molecule has 0 aliphatic carbocycles. The third-order valence-corrected chi connectivity index (χ3v) is 8.60. The number of methoxy groups -OCH3 is 1. The zero-order valence-electron chi connectivity index (χ0n) is 29.9. The number of hydrogen-bond acceptors (Lipinski definition) is 2. The minimum absolute atomic E-state index is 0.00184. The SMILES string of the molecule is C=C(c1cc(C(C)(C)C)c(C)c(C(C)(C)C)c1)c1cc(C)cc(C(=C)c2cc(C(C)(C)C)c(OC)c(C(C)(C)C)c2)c1N. The van der Waals surface area contributed by atoms with Crippen LogP contribution in [0.25, 0.3) is 11.1 Å². The Morgan fingerprint density at radius 3 is 1.14 bits per heavy atom. The van der Waals surface area contributed by atoms with Crippen molar-refractivity contribution in [1.29, 1.82) is 0 Å². The molecule has 0 atom stereocenters. The van der Waals surface area contributed by atoms with Crippen LogP contribution in [-0.2, 0) is 21.7 Å². The van der Waals surface area contributed by atoms with Crippen LogP contribution in [0.2, 0.25) is 0 Å². The molecule has 0 aliphatic rings. The fourth-order valence-electron chi connectivity index (χ4n) is 6.19. The maximum Gasteiger partial charge on any atom is 0.126 e. The standard InChI is InChI=1S/C41H57NO/c1-24-18-30(25(2)28-20-32(38(5,6)7)27(4)33(21-28)39(8,9)10)36(42)31(19-24)26(3)29-22-34(40(11,12)13)37(43-17)35(23-29)41(14,15)16/h18-23H,2-3,42H2,1,4-17H3. The van der Waals surface area contributed by atoms with Crippen molar-refractivity contribution in [2.45, 2.75) is 119 Å². The highest BCUT2D eigenvalue weighted by Gasteiger charge is 2.29. The summed E-state index contributed by atoms with van der Waals surface area (Å²) >= 11 is 0. The molecule has 3 aromatic carbocycles. The van der Waals surface area contributed by atoms with Gasteiger partial charge in [0.1, 0.15) is 5.75 Å². The summed E-state index contributed by atoms with van der Waals surface area (Å²) in [5, 5.41) is 0. The van der Waals surface area contributed by atoms with Gasteiger partial charge in [-0.3, -0.25) is 0 Å². The molecule has 2 heteroatoms. The molecule has 0 saturated carbocycles. The van der Waals surface area contributed by atoms with E-state index in [1.807, 2.05) is 0 Å². The summed E-state index contributed by atoms with van der Waals surface area (Å²) in [6, 6.07) is 13.4. The van der Waals surface area contributed by atoms with Crippen LogP contribution in [0.1, 0.15) is 139 Å². The first-order valence-electron chi connectivity index (χ1n) is 15.6. The molecule has 3 aromatic rings. The maximum atomic E-state index is 7.06. The molecule has 0 aliphatic heterocycles. The van der Waals surface area contributed by atoms with Crippen molar-refractivity contribution in [3.8, 4) is 5.75 Å². The van der Waals surface area contributed by atoms with Crippen LogP contribution < -0.4 is 10.5 Å². The van der Waals surface area contributed by atoms with Gasteiger partial charge in [0.2, 0.25) is 0 Å². The summed E-state index contributed by atoms with van der Waals surface area (Å²) in [6.45, 7) is 40.7. The lowest BCUT2D eigenvalue weighted by Gasteiger charge is -2.31. The molecular weight excluding hydrogens is 522 g/mol. The zero-order valence-corrected chi connectivity index (χ0v) is 29.9. The van der Waals surface area contributed by atoms with Gasteiger partial charge in [0.05, 0.1) is 7.11 Å². The molecule has 0 fully saturated rings. The summed E-state index contributed by atoms with van der Waals surface area (Å²) < 4.78 is 6.02. The summed E-state index contributed by atoms with van der Waals surface area (Å²) in [5.74, 6) is 0.950. The van der Waals surface area contributed by atoms with E-state index in [9.17, 15) is 0 Å². The Morgan fingerprint density at radius 1 is 0.558 bits per heavy atom. The average molecular weight is 580 g/mol. The van der Waals surface area contributed by atoms with Crippen molar-refractivity contribution in [2.75, 3.05) is 12.8 Å². The van der Waals surface area contributed by atoms with E-state index in [4.69, 9.17) is 10.5 Å². The van der Waals surface area contributed by atoms with E-state index >= 15 is 0 Å². The van der Waals surface area contributed by atoms with Gasteiger partial charge < -0.3 is 10.5 Å². The van der Waals surface area contributed by atoms with Crippen molar-refractivity contribution in [2.24, 2.45) is 0 Å². The summed E-state index contributed by atoms with van der Waals surface area (Å²) in [5.41, 5.74) is 21.0. The van der Waals surface area contributed by atoms with Gasteiger partial charge in [-0.25, -0.2) is 0 Å². The highest BCUT2D eigenvalue weighted by molar-refractivity contribution is 5.93. The first-order valence-corrected chi connectivity index (χ1v) is 15.6. The normalized spacial score (nSPS) is 12.8. The predicted molar refractivity (Wildman–Crippen MR) is 191 cm³/mol. The van der Waals surface area contributed by atoms with Gasteiger partial charge in [-0.2, -0.15) is 0 Å². The Morgan fingerprint density at radius 2 is 0.860 bits per heavy atom. The van der Waals surface area contributed by atoms with Crippen molar-refractivity contribution in [3.63, 3.8) is 0 Å². The van der Waals surface area contributed by atoms with Crippen LogP contribution in [0, 0.1) is 13.8 Å². The van der Waals surface area contributed by atoms with E-state index < -0.39 is 0 Å². The topological polar surface area (TPSA) is 35.2 Å². The Hall–Kier alpha value is -3.26. The Labute approximate surface area is 263 Å². The fraction of sp³-hybridized carbons (Fsp3) is 0.463. The average Bonchev–Trinajstić information content (AvgIpc) is 2.85. The molecule has 43 heavy (non-hydrogen) atoms. The highest BCUT2D eigenvalue weighted by Crippen LogP contribution is 2.44. The molecule has 0 heterocycles. The molecule has 232 valence electrons. The number of nitrogens with two attached hydrogens (primary N) is 1. The lowest BCUT2D eigenvalue weighted by Crippen LogP contribution is -2.20. The molecule has 2 N–H and O–H groups in total. The Bertz CT molecular complexity index is 1500. The van der Waals surface area contributed by atoms with E-state index in [0.717, 1.165) is 44.7 Å². The van der Waals surface area contributed by atoms with E-state index in [1.165, 1.54) is 27.8 Å². The summed E-state index contributed by atoms with van der Waals surface area (Å²) in [7, 11) is 1.77. The van der Waals surface area contributed by atoms with Crippen LogP contribution >= 0.6 is 0 Å². The summed E-state index contributed by atoms with van der Waals surface area (Å²) in [4.78, 5) is 0. The second-order valence-corrected chi connectivity index (χ2v) is 16.5. The second-order valence-electron chi connectivity index (χ2n) is 16.5. The molecule has 0 amide bonds. The largest absolute Gasteiger partial charge is 0.496 e. The molecule has 0 bridgehead atoms. The highest BCUT2D eigenvalue weighted by atomic mass is 16.5. The third-order valence-electron chi connectivity index (χ3n) is 8.60. The van der Waals surface area contributed by atoms with Crippen molar-refractivity contribution < 1.29 is 4.74 Å². The number of aryl methyl sites for hydroxylation is 1. The Balaban J connectivity index is 2.28. The van der Waals surface area contributed by atoms with Gasteiger partial charge >= 0.3 is 0 Å². The number of rotatable bonds is 5. The lowest BCUT2D eigenvalue weighted by atomic mass is 9.74. The van der Waals surface area contributed by atoms with Crippen LogP contribution in [0.15, 0.2) is 49.6 Å². The monoisotopic (exact) mass is 579 g/mol. The van der Waals surface area contributed by atoms with E-state index in [1.54, 1.807) is 7.11 Å². The molecule has 0 aromatic heterocycles. The van der Waals surface area contributed by atoms with Gasteiger partial charge in [-0.05, 0) is 104 Å². The van der Waals surface area contributed by atoms with E-state index in [0.29, 0.717) is 5.69 Å². The van der Waals surface area contributed by atoms with Crippen molar-refractivity contribution in [3.05, 3.63) is 105 Å². The summed E-state index contributed by atoms with van der Waals surface area (Å²) in [6.07, 6.45) is 0. The first kappa shape index (κ1) is 34.2. The van der Waals surface area contributed by atoms with Crippen LogP contribution in [0.5, 0.6) is 5.75 Å². The molecule has 0 saturated heterocycles. The minimum atomic E-state index is -0.111. The molecule has 0 spiro atoms. The lowest BCUT2D eigenvalue weighted by molar-refractivity contribution is 0.381. The van der Waals surface area contributed by atoms with E-state index in [-0.39, 0.29) is 21.7 Å². The van der Waals surface area contributed by atoms with Crippen molar-refractivity contribution >= 4 is 16.8 Å². The molecule has 2 nitrogen and oxygen atoms in total. The first-order chi connectivity index (χ1) is 19.4. The number of nitrogen functional groups attached to an aromatic ring is 1. The van der Waals surface area contributed by atoms with E-state index in [2.05, 4.69) is 146 Å². The molecular formula is C41H57NO. The van der Waals surface area contributed by atoms with Gasteiger partial charge in [0, 0.05) is 27.9 Å². The fourth-order valence-corrected chi connectivity index (χ4v) is 6.19. The van der Waals surface area contributed by atoms with Gasteiger partial charge in [0.25, 0.3) is 0 Å². The molecule has 0 unspecified atom stereocenters. The Kier molecular flexibility index (Phi) is 9.03. The quantitative estimate of drug-likeness (QED) is 0.305. The van der Waals surface area contributed by atoms with Crippen LogP contribution in [0.3, 0.4) is 0 Å². The van der Waals surface area contributed by atoms with Crippen molar-refractivity contribution in [1.82, 2.24) is 0 Å². The van der Waals surface area contributed by atoms with Gasteiger partial charge in [-0.15, -0.1) is 0 Å². The minimum Gasteiger partial charge on any atom is -0.496 e. The van der Waals surface area contributed by atoms with Gasteiger partial charge in [-0.1, -0.05) is 108 Å². The molecule has 0 radical (unpaired) electrons. The number of benzene rings is 3. The smallest absolute Gasteiger partial charge is 0.126 e. The van der Waals surface area contributed by atoms with Crippen LogP contribution in [-0.4, -0.2) is 7.11 Å². The zero-order chi connectivity index (χ0) is 33.0. The number of anilines is 1. The second kappa shape index (κ2) is 11.3. The molecule has 3 rings (SSSR count). The third kappa shape index (κ3) is 6.95. The van der Waals surface area contributed by atoms with Crippen LogP contribution in [0.4, 0.5) is 5.69 Å². The number of ether oxygens (including phenoxy) is 1. The predicted octanol–water partition coefficient (Wildman–Crippen LogP) is 11.2.